The minimum atomic E-state index is -6.00. The number of fused-ring (bicyclic) bond motifs is 8. The Balaban J connectivity index is 0.00000122. The van der Waals surface area contributed by atoms with Gasteiger partial charge in [-0.3, -0.25) is 17.9 Å². The van der Waals surface area contributed by atoms with E-state index in [9.17, 15) is 17.3 Å². The molecule has 0 saturated heterocycles. The molecule has 354 valence electrons. The van der Waals surface area contributed by atoms with Gasteiger partial charge in [-0.25, -0.2) is 9.97 Å². The Hall–Kier alpha value is -6.90. The van der Waals surface area contributed by atoms with Crippen molar-refractivity contribution < 1.29 is 17.3 Å². The molecule has 0 spiro atoms. The Morgan fingerprint density at radius 3 is 0.638 bits per heavy atom. The van der Waals surface area contributed by atoms with E-state index >= 15 is 0 Å². The highest BCUT2D eigenvalue weighted by molar-refractivity contribution is 6.50. The molecule has 0 aliphatic carbocycles. The van der Waals surface area contributed by atoms with Gasteiger partial charge >= 0.3 is 7.25 Å². The molecule has 8 bridgehead atoms. The number of aromatic nitrogens is 4. The lowest BCUT2D eigenvalue weighted by Gasteiger charge is -2.23. The SMILES string of the molecule is C[N+](C)(C)c1ccc(-c2c3nc(c(-c4ccc([N+](C)(C)C)cc4)c4ccc([nH]4)c(-c4ccc([N+](C)(C)C)cc4)c4nc(c(-c5ccc([N+](C)(C)C)cc5)c5ccc2[nH]5)C=C4)C=C3)cc1.F[B-](F)(F)F. The maximum atomic E-state index is 9.75. The first kappa shape index (κ1) is 48.6. The van der Waals surface area contributed by atoms with E-state index in [-0.39, 0.29) is 0 Å². The van der Waals surface area contributed by atoms with Crippen LogP contribution in [0.3, 0.4) is 0 Å². The molecular weight excluding hydrogens is 871 g/mol. The molecule has 0 amide bonds. The smallest absolute Gasteiger partial charge is 0.418 e. The Bertz CT molecular complexity index is 2840. The van der Waals surface area contributed by atoms with E-state index in [0.717, 1.165) is 107 Å². The lowest BCUT2D eigenvalue weighted by Crippen LogP contribution is -2.34. The fourth-order valence-corrected chi connectivity index (χ4v) is 8.72. The molecule has 0 radical (unpaired) electrons. The summed E-state index contributed by atoms with van der Waals surface area (Å²) >= 11 is 0. The molecule has 0 atom stereocenters. The number of hydrogen-bond acceptors (Lipinski definition) is 2. The van der Waals surface area contributed by atoms with Gasteiger partial charge in [-0.05, 0) is 168 Å². The molecule has 0 fully saturated rings. The summed E-state index contributed by atoms with van der Waals surface area (Å²) in [6.45, 7) is 0. The van der Waals surface area contributed by atoms with Gasteiger partial charge in [0.05, 0.1) is 107 Å². The van der Waals surface area contributed by atoms with E-state index in [0.29, 0.717) is 0 Å². The van der Waals surface area contributed by atoms with Crippen molar-refractivity contribution in [3.05, 3.63) is 144 Å². The number of hydrogen-bond donors (Lipinski definition) is 2. The molecule has 2 aliphatic rings. The van der Waals surface area contributed by atoms with Crippen LogP contribution in [0, 0.1) is 0 Å². The Morgan fingerprint density at radius 2 is 0.478 bits per heavy atom. The van der Waals surface area contributed by atoms with Crippen LogP contribution in [0.25, 0.3) is 90.9 Å². The number of H-pyrrole nitrogens is 2. The van der Waals surface area contributed by atoms with Crippen molar-refractivity contribution in [3.63, 3.8) is 0 Å². The van der Waals surface area contributed by atoms with Crippen molar-refractivity contribution in [2.24, 2.45) is 0 Å². The van der Waals surface area contributed by atoms with E-state index in [1.807, 2.05) is 0 Å². The number of benzene rings is 4. The van der Waals surface area contributed by atoms with Crippen molar-refractivity contribution in [1.29, 1.82) is 0 Å². The molecule has 2 aliphatic heterocycles. The summed E-state index contributed by atoms with van der Waals surface area (Å²) in [6, 6.07) is 44.5. The van der Waals surface area contributed by atoms with E-state index in [4.69, 9.17) is 9.97 Å². The van der Waals surface area contributed by atoms with E-state index in [2.05, 4.69) is 240 Å². The topological polar surface area (TPSA) is 57.4 Å². The predicted octanol–water partition coefficient (Wildman–Crippen LogP) is 13.4. The second-order valence-corrected chi connectivity index (χ2v) is 21.2. The predicted molar refractivity (Wildman–Crippen MR) is 289 cm³/mol. The van der Waals surface area contributed by atoms with Gasteiger partial charge in [0, 0.05) is 44.3 Å². The maximum absolute atomic E-state index is 9.75. The third kappa shape index (κ3) is 10.7. The van der Waals surface area contributed by atoms with Gasteiger partial charge in [-0.1, -0.05) is 0 Å². The zero-order valence-corrected chi connectivity index (χ0v) is 41.6. The number of nitrogens with zero attached hydrogens (tertiary/aromatic N) is 6. The Kier molecular flexibility index (Phi) is 12.6. The standard InChI is InChI=1S/C56H62N8.BF4/c1-61(2,3)41-21-13-37(14-22-41)53-45-29-31-47(57-45)54(38-15-23-42(24-16-38)62(4,5)6)49-33-35-51(59-49)56(40-19-27-44(28-20-40)64(10,11)12)52-36-34-50(60-52)55(48-32-30-46(53)58-48)39-17-25-43(26-18-39)63(7,8)9;2-1(3,4)5/h13-36,57,60H,1-12H3;/q+4;-1. The van der Waals surface area contributed by atoms with E-state index in [1.165, 1.54) is 22.7 Å². The van der Waals surface area contributed by atoms with Gasteiger partial charge in [0.2, 0.25) is 0 Å². The van der Waals surface area contributed by atoms with Gasteiger partial charge < -0.3 is 27.2 Å². The van der Waals surface area contributed by atoms with Gasteiger partial charge in [0.25, 0.3) is 0 Å². The molecule has 7 aromatic rings. The lowest BCUT2D eigenvalue weighted by atomic mass is 10.0. The van der Waals surface area contributed by atoms with Gasteiger partial charge in [0.1, 0.15) is 22.7 Å². The number of rotatable bonds is 8. The monoisotopic (exact) mass is 934 g/mol. The van der Waals surface area contributed by atoms with Crippen LogP contribution in [-0.2, 0) is 0 Å². The fraction of sp³-hybridized carbons (Fsp3) is 0.214. The maximum Gasteiger partial charge on any atom is 0.673 e. The first-order valence-electron chi connectivity index (χ1n) is 23.0. The van der Waals surface area contributed by atoms with Crippen molar-refractivity contribution in [2.45, 2.75) is 0 Å². The average Bonchev–Trinajstić information content (AvgIpc) is 4.11. The van der Waals surface area contributed by atoms with Gasteiger partial charge in [-0.15, -0.1) is 0 Å². The van der Waals surface area contributed by atoms with Crippen LogP contribution in [0.5, 0.6) is 0 Å². The zero-order valence-electron chi connectivity index (χ0n) is 41.6. The molecule has 0 unspecified atom stereocenters. The summed E-state index contributed by atoms with van der Waals surface area (Å²) in [4.78, 5) is 18.9. The molecule has 13 heteroatoms. The molecule has 2 N–H and O–H groups in total. The highest BCUT2D eigenvalue weighted by Crippen LogP contribution is 2.40. The average molecular weight is 934 g/mol. The molecule has 3 aromatic heterocycles. The van der Waals surface area contributed by atoms with Crippen LogP contribution in [0.2, 0.25) is 0 Å². The second-order valence-electron chi connectivity index (χ2n) is 21.2. The summed E-state index contributed by atoms with van der Waals surface area (Å²) in [5.74, 6) is 0. The van der Waals surface area contributed by atoms with Crippen LogP contribution >= 0.6 is 0 Å². The largest absolute Gasteiger partial charge is 0.673 e. The van der Waals surface area contributed by atoms with Crippen molar-refractivity contribution >= 4 is 76.4 Å². The van der Waals surface area contributed by atoms with Crippen molar-refractivity contribution in [2.75, 3.05) is 84.6 Å². The van der Waals surface area contributed by atoms with Crippen molar-refractivity contribution in [1.82, 2.24) is 37.9 Å². The van der Waals surface area contributed by atoms with Crippen LogP contribution in [0.1, 0.15) is 22.8 Å². The Morgan fingerprint density at radius 1 is 0.304 bits per heavy atom. The summed E-state index contributed by atoms with van der Waals surface area (Å²) in [5.41, 5.74) is 20.9. The number of quaternary nitrogens is 4. The highest BCUT2D eigenvalue weighted by atomic mass is 19.5. The second kappa shape index (κ2) is 17.9. The normalized spacial score (nSPS) is 13.1. The van der Waals surface area contributed by atoms with E-state index in [1.54, 1.807) is 0 Å². The first-order chi connectivity index (χ1) is 32.2. The minimum Gasteiger partial charge on any atom is -0.418 e. The summed E-state index contributed by atoms with van der Waals surface area (Å²) < 4.78 is 41.9. The molecule has 4 aromatic carbocycles. The molecule has 69 heavy (non-hydrogen) atoms. The quantitative estimate of drug-likeness (QED) is 0.0906. The molecular formula is C56H62BF4N8+3. The van der Waals surface area contributed by atoms with Crippen LogP contribution in [0.15, 0.2) is 121 Å². The van der Waals surface area contributed by atoms with Crippen molar-refractivity contribution in [3.8, 4) is 44.5 Å². The highest BCUT2D eigenvalue weighted by Gasteiger charge is 2.23. The third-order valence-electron chi connectivity index (χ3n) is 12.5. The van der Waals surface area contributed by atoms with Gasteiger partial charge in [-0.2, -0.15) is 0 Å². The molecule has 5 heterocycles. The summed E-state index contributed by atoms with van der Waals surface area (Å²) in [5, 5.41) is 0. The lowest BCUT2D eigenvalue weighted by molar-refractivity contribution is 0.368. The zero-order chi connectivity index (χ0) is 49.8. The van der Waals surface area contributed by atoms with Crippen LogP contribution < -0.4 is 17.9 Å². The molecule has 0 saturated carbocycles. The number of halogens is 4. The van der Waals surface area contributed by atoms with E-state index < -0.39 is 7.25 Å². The number of nitrogens with one attached hydrogen (secondary N) is 2. The molecule has 8 nitrogen and oxygen atoms in total. The first-order valence-corrected chi connectivity index (χ1v) is 23.0. The fourth-order valence-electron chi connectivity index (χ4n) is 8.72. The summed E-state index contributed by atoms with van der Waals surface area (Å²) in [6.07, 6.45) is 8.69. The Labute approximate surface area is 403 Å². The van der Waals surface area contributed by atoms with Crippen LogP contribution in [0.4, 0.5) is 40.0 Å². The third-order valence-corrected chi connectivity index (χ3v) is 12.5. The number of aromatic amines is 2. The van der Waals surface area contributed by atoms with Crippen LogP contribution in [-0.4, -0.2) is 112 Å². The summed E-state index contributed by atoms with van der Waals surface area (Å²) in [7, 11) is 20.4. The van der Waals surface area contributed by atoms with Gasteiger partial charge in [0.15, 0.2) is 0 Å². The minimum absolute atomic E-state index is 0.727. The molecule has 9 rings (SSSR count).